The van der Waals surface area contributed by atoms with Gasteiger partial charge in [0.15, 0.2) is 11.8 Å². The number of nitrogens with zero attached hydrogens (tertiary/aromatic N) is 1. The molecule has 3 aromatic rings. The maximum Gasteiger partial charge on any atom is 0.413 e. The number of hydrogen-bond donors (Lipinski definition) is 2. The standard InChI is InChI=1S/C43H52N2O10/c1-30(47)44-37-34(22-23-36(48)43(28-46)29-53-42(5,6)45(43)40(49)55-41(2,3)4)54-35(27-50-24-31-16-10-7-11-17-31)38(51-25-32-18-12-8-13-19-32)39(37)52-26-33-20-14-9-15-21-33/h7-21,28,34-39,48H,24-27,29H2,1-6H3,(H,44,47)/t34-,35-,36?,37-,38-,39-,43-/m1/s1. The molecule has 55 heavy (non-hydrogen) atoms. The quantitative estimate of drug-likeness (QED) is 0.182. The zero-order valence-corrected chi connectivity index (χ0v) is 32.3. The van der Waals surface area contributed by atoms with E-state index >= 15 is 0 Å². The van der Waals surface area contributed by atoms with Crippen molar-refractivity contribution in [2.24, 2.45) is 0 Å². The molecule has 2 aliphatic heterocycles. The number of benzene rings is 3. The fourth-order valence-electron chi connectivity index (χ4n) is 6.65. The van der Waals surface area contributed by atoms with Gasteiger partial charge in [-0.3, -0.25) is 9.69 Å². The van der Waals surface area contributed by atoms with Crippen LogP contribution in [0.3, 0.4) is 0 Å². The molecule has 2 aliphatic rings. The minimum Gasteiger partial charge on any atom is -0.444 e. The highest BCUT2D eigenvalue weighted by Crippen LogP contribution is 2.38. The molecule has 12 heteroatoms. The third-order valence-electron chi connectivity index (χ3n) is 9.25. The van der Waals surface area contributed by atoms with Gasteiger partial charge < -0.3 is 43.6 Å². The Hall–Kier alpha value is -4.61. The van der Waals surface area contributed by atoms with E-state index < -0.39 is 59.5 Å². The number of amides is 2. The Balaban J connectivity index is 1.51. The van der Waals surface area contributed by atoms with Crippen LogP contribution in [0.1, 0.15) is 58.2 Å². The lowest BCUT2D eigenvalue weighted by atomic mass is 9.90. The molecule has 5 rings (SSSR count). The van der Waals surface area contributed by atoms with Gasteiger partial charge in [0.1, 0.15) is 41.8 Å². The maximum atomic E-state index is 13.5. The predicted octanol–water partition coefficient (Wildman–Crippen LogP) is 4.95. The molecule has 0 radical (unpaired) electrons. The lowest BCUT2D eigenvalue weighted by molar-refractivity contribution is -0.222. The Labute approximate surface area is 323 Å². The maximum absolute atomic E-state index is 13.5. The van der Waals surface area contributed by atoms with Gasteiger partial charge in [-0.2, -0.15) is 0 Å². The number of ether oxygens (including phenoxy) is 6. The molecule has 0 saturated carbocycles. The summed E-state index contributed by atoms with van der Waals surface area (Å²) in [5, 5.41) is 14.7. The van der Waals surface area contributed by atoms with E-state index in [0.717, 1.165) is 21.6 Å². The van der Waals surface area contributed by atoms with Gasteiger partial charge in [-0.15, -0.1) is 0 Å². The lowest BCUT2D eigenvalue weighted by Crippen LogP contribution is -2.65. The van der Waals surface area contributed by atoms with E-state index in [-0.39, 0.29) is 32.3 Å². The largest absolute Gasteiger partial charge is 0.444 e. The van der Waals surface area contributed by atoms with Crippen molar-refractivity contribution >= 4 is 18.3 Å². The van der Waals surface area contributed by atoms with Gasteiger partial charge in [0.05, 0.1) is 39.1 Å². The SMILES string of the molecule is CC(=O)N[C@H]1[C@@H](OCc2ccccc2)[C@H](OCc2ccccc2)[C@@H](COCc2ccccc2)O[C@@H]1C#CC(O)[C@@]1(C=O)COC(C)(C)N1C(=O)OC(C)(C)C. The number of rotatable bonds is 13. The van der Waals surface area contributed by atoms with Crippen molar-refractivity contribution in [3.63, 3.8) is 0 Å². The average Bonchev–Trinajstić information content (AvgIpc) is 3.44. The van der Waals surface area contributed by atoms with E-state index in [1.807, 2.05) is 91.0 Å². The average molecular weight is 757 g/mol. The molecular formula is C43H52N2O10. The van der Waals surface area contributed by atoms with Crippen molar-refractivity contribution in [1.82, 2.24) is 10.2 Å². The van der Waals surface area contributed by atoms with Gasteiger partial charge in [-0.1, -0.05) is 103 Å². The second-order valence-corrected chi connectivity index (χ2v) is 15.2. The van der Waals surface area contributed by atoms with Crippen LogP contribution in [0.2, 0.25) is 0 Å². The predicted molar refractivity (Wildman–Crippen MR) is 203 cm³/mol. The Morgan fingerprint density at radius 2 is 1.44 bits per heavy atom. The summed E-state index contributed by atoms with van der Waals surface area (Å²) in [6.07, 6.45) is -5.57. The molecule has 2 N–H and O–H groups in total. The molecule has 2 fully saturated rings. The fraction of sp³-hybridized carbons (Fsp3) is 0.465. The van der Waals surface area contributed by atoms with Crippen molar-refractivity contribution in [2.75, 3.05) is 13.2 Å². The van der Waals surface area contributed by atoms with Crippen LogP contribution >= 0.6 is 0 Å². The molecule has 0 spiro atoms. The van der Waals surface area contributed by atoms with Crippen LogP contribution in [-0.4, -0.2) is 94.9 Å². The van der Waals surface area contributed by atoms with Crippen molar-refractivity contribution in [3.8, 4) is 11.8 Å². The van der Waals surface area contributed by atoms with Crippen LogP contribution < -0.4 is 5.32 Å². The highest BCUT2D eigenvalue weighted by Gasteiger charge is 2.59. The van der Waals surface area contributed by atoms with Crippen LogP contribution in [0.25, 0.3) is 0 Å². The summed E-state index contributed by atoms with van der Waals surface area (Å²) in [4.78, 5) is 40.3. The second-order valence-electron chi connectivity index (χ2n) is 15.2. The Bertz CT molecular complexity index is 1770. The van der Waals surface area contributed by atoms with E-state index in [4.69, 9.17) is 28.4 Å². The molecule has 294 valence electrons. The molecule has 0 aliphatic carbocycles. The highest BCUT2D eigenvalue weighted by atomic mass is 16.6. The molecule has 3 aromatic carbocycles. The Kier molecular flexibility index (Phi) is 13.9. The van der Waals surface area contributed by atoms with Crippen molar-refractivity contribution in [1.29, 1.82) is 0 Å². The van der Waals surface area contributed by atoms with Crippen molar-refractivity contribution in [2.45, 2.75) is 115 Å². The third-order valence-corrected chi connectivity index (χ3v) is 9.25. The van der Waals surface area contributed by atoms with Crippen LogP contribution in [-0.2, 0) is 57.8 Å². The van der Waals surface area contributed by atoms with Gasteiger partial charge in [-0.05, 0) is 51.3 Å². The van der Waals surface area contributed by atoms with E-state index in [1.54, 1.807) is 34.6 Å². The molecule has 12 nitrogen and oxygen atoms in total. The van der Waals surface area contributed by atoms with Gasteiger partial charge in [0.2, 0.25) is 5.91 Å². The Morgan fingerprint density at radius 1 is 0.909 bits per heavy atom. The topological polar surface area (TPSA) is 142 Å². The number of aliphatic hydroxyl groups excluding tert-OH is 1. The normalized spacial score (nSPS) is 25.3. The third kappa shape index (κ3) is 10.8. The second kappa shape index (κ2) is 18.3. The van der Waals surface area contributed by atoms with Gasteiger partial charge in [0, 0.05) is 6.92 Å². The highest BCUT2D eigenvalue weighted by molar-refractivity contribution is 5.80. The van der Waals surface area contributed by atoms with Crippen molar-refractivity contribution in [3.05, 3.63) is 108 Å². The number of aliphatic hydroxyl groups is 1. The fourth-order valence-corrected chi connectivity index (χ4v) is 6.65. The van der Waals surface area contributed by atoms with Crippen molar-refractivity contribution < 1.29 is 47.9 Å². The summed E-state index contributed by atoms with van der Waals surface area (Å²) in [6, 6.07) is 28.0. The first-order chi connectivity index (χ1) is 26.2. The van der Waals surface area contributed by atoms with Gasteiger partial charge in [-0.25, -0.2) is 4.79 Å². The summed E-state index contributed by atoms with van der Waals surface area (Å²) in [5.74, 6) is 5.39. The lowest BCUT2D eigenvalue weighted by Gasteiger charge is -2.45. The molecule has 0 aromatic heterocycles. The van der Waals surface area contributed by atoms with E-state index in [9.17, 15) is 19.5 Å². The smallest absolute Gasteiger partial charge is 0.413 e. The van der Waals surface area contributed by atoms with Crippen LogP contribution in [0, 0.1) is 11.8 Å². The number of carbonyl (C=O) groups excluding carboxylic acids is 3. The summed E-state index contributed by atoms with van der Waals surface area (Å²) >= 11 is 0. The molecule has 7 atom stereocenters. The first kappa shape index (κ1) is 41.6. The molecule has 1 unspecified atom stereocenters. The van der Waals surface area contributed by atoms with Crippen LogP contribution in [0.5, 0.6) is 0 Å². The minimum absolute atomic E-state index is 0.0692. The first-order valence-corrected chi connectivity index (χ1v) is 18.4. The zero-order valence-electron chi connectivity index (χ0n) is 32.3. The summed E-state index contributed by atoms with van der Waals surface area (Å²) in [5.41, 5.74) is -1.35. The summed E-state index contributed by atoms with van der Waals surface area (Å²) in [6.45, 7) is 10.1. The zero-order chi connectivity index (χ0) is 39.6. The molecule has 2 saturated heterocycles. The minimum atomic E-state index is -1.92. The molecule has 2 amide bonds. The molecule has 2 heterocycles. The summed E-state index contributed by atoms with van der Waals surface area (Å²) in [7, 11) is 0. The van der Waals surface area contributed by atoms with Crippen LogP contribution in [0.4, 0.5) is 4.79 Å². The molecular weight excluding hydrogens is 704 g/mol. The Morgan fingerprint density at radius 3 is 1.95 bits per heavy atom. The molecule has 0 bridgehead atoms. The van der Waals surface area contributed by atoms with Gasteiger partial charge in [0.25, 0.3) is 0 Å². The number of hydrogen-bond acceptors (Lipinski definition) is 10. The number of nitrogens with one attached hydrogen (secondary N) is 1. The van der Waals surface area contributed by atoms with Crippen LogP contribution in [0.15, 0.2) is 91.0 Å². The number of aldehydes is 1. The van der Waals surface area contributed by atoms with E-state index in [0.29, 0.717) is 12.9 Å². The monoisotopic (exact) mass is 756 g/mol. The first-order valence-electron chi connectivity index (χ1n) is 18.4. The van der Waals surface area contributed by atoms with Gasteiger partial charge >= 0.3 is 6.09 Å². The summed E-state index contributed by atoms with van der Waals surface area (Å²) < 4.78 is 37.5. The number of carbonyl (C=O) groups is 3. The van der Waals surface area contributed by atoms with E-state index in [2.05, 4.69) is 17.2 Å². The van der Waals surface area contributed by atoms with E-state index in [1.165, 1.54) is 6.92 Å².